The molecule has 2 aliphatic rings. The molecule has 0 aromatic carbocycles. The summed E-state index contributed by atoms with van der Waals surface area (Å²) in [5.41, 5.74) is 8.86. The summed E-state index contributed by atoms with van der Waals surface area (Å²) in [6.45, 7) is 1.20. The predicted octanol–water partition coefficient (Wildman–Crippen LogP) is 1.26. The number of hydrogen-bond donors (Lipinski definition) is 3. The topological polar surface area (TPSA) is 134 Å². The lowest BCUT2D eigenvalue weighted by Gasteiger charge is -2.39. The second-order valence-corrected chi connectivity index (χ2v) is 7.73. The van der Waals surface area contributed by atoms with Crippen molar-refractivity contribution in [2.45, 2.75) is 31.1 Å². The fourth-order valence-electron chi connectivity index (χ4n) is 4.54. The molecule has 0 saturated carbocycles. The van der Waals surface area contributed by atoms with E-state index in [0.717, 1.165) is 36.2 Å². The number of anilines is 1. The minimum atomic E-state index is -0.165. The summed E-state index contributed by atoms with van der Waals surface area (Å²) in [5, 5.41) is 7.06. The van der Waals surface area contributed by atoms with Crippen molar-refractivity contribution in [3.8, 4) is 11.4 Å². The summed E-state index contributed by atoms with van der Waals surface area (Å²) in [6.07, 6.45) is 4.81. The number of rotatable bonds is 2. The van der Waals surface area contributed by atoms with E-state index in [1.807, 2.05) is 23.1 Å². The van der Waals surface area contributed by atoms with E-state index in [1.54, 1.807) is 12.3 Å². The molecule has 1 aliphatic carbocycles. The van der Waals surface area contributed by atoms with Crippen LogP contribution in [0.5, 0.6) is 0 Å². The largest absolute Gasteiger partial charge is 0.369 e. The van der Waals surface area contributed by atoms with Gasteiger partial charge in [0.25, 0.3) is 11.5 Å². The zero-order valence-electron chi connectivity index (χ0n) is 15.8. The number of carbonyl (C=O) groups is 1. The maximum atomic E-state index is 12.9. The van der Waals surface area contributed by atoms with Crippen LogP contribution in [0.2, 0.25) is 0 Å². The van der Waals surface area contributed by atoms with E-state index in [-0.39, 0.29) is 22.8 Å². The molecule has 1 fully saturated rings. The Morgan fingerprint density at radius 3 is 2.76 bits per heavy atom. The Morgan fingerprint density at radius 1 is 1.17 bits per heavy atom. The van der Waals surface area contributed by atoms with Crippen molar-refractivity contribution in [2.75, 3.05) is 18.8 Å². The fraction of sp³-hybridized carbons (Fsp3) is 0.350. The molecule has 0 radical (unpaired) electrons. The third-order valence-electron chi connectivity index (χ3n) is 6.13. The van der Waals surface area contributed by atoms with Crippen molar-refractivity contribution in [1.82, 2.24) is 30.0 Å². The van der Waals surface area contributed by atoms with Crippen LogP contribution in [0, 0.1) is 0 Å². The number of hydrogen-bond acceptors (Lipinski definition) is 6. The second-order valence-electron chi connectivity index (χ2n) is 7.73. The number of piperidine rings is 1. The molecule has 4 heterocycles. The Labute approximate surface area is 166 Å². The standard InChI is InChI=1S/C20H21N7O2/c21-19-23-16-12(17(28)24-19)4-5-20(16)6-9-27(10-7-20)18(29)15-11-14(25-26-15)13-3-1-2-8-22-13/h1-3,8,11H,4-7,9-10H2,(H,25,26)(H3,21,23,24,28). The van der Waals surface area contributed by atoms with Crippen molar-refractivity contribution in [2.24, 2.45) is 0 Å². The van der Waals surface area contributed by atoms with Gasteiger partial charge in [-0.2, -0.15) is 5.10 Å². The first-order valence-electron chi connectivity index (χ1n) is 9.71. The number of fused-ring (bicyclic) bond motifs is 2. The Balaban J connectivity index is 1.33. The van der Waals surface area contributed by atoms with Crippen molar-refractivity contribution < 1.29 is 4.79 Å². The van der Waals surface area contributed by atoms with Crippen LogP contribution in [0.4, 0.5) is 5.95 Å². The minimum absolute atomic E-state index is 0.0777. The van der Waals surface area contributed by atoms with Gasteiger partial charge < -0.3 is 10.6 Å². The van der Waals surface area contributed by atoms with Crippen LogP contribution in [-0.2, 0) is 11.8 Å². The smallest absolute Gasteiger partial charge is 0.271 e. The number of nitrogens with zero attached hydrogens (tertiary/aromatic N) is 4. The van der Waals surface area contributed by atoms with Crippen LogP contribution in [0.25, 0.3) is 11.4 Å². The molecule has 148 valence electrons. The summed E-state index contributed by atoms with van der Waals surface area (Å²) in [5.74, 6) is 0.0826. The van der Waals surface area contributed by atoms with Gasteiger partial charge in [0.15, 0.2) is 0 Å². The summed E-state index contributed by atoms with van der Waals surface area (Å²) >= 11 is 0. The number of nitrogen functional groups attached to an aromatic ring is 1. The average Bonchev–Trinajstić information content (AvgIpc) is 3.35. The summed E-state index contributed by atoms with van der Waals surface area (Å²) < 4.78 is 0. The molecule has 9 nitrogen and oxygen atoms in total. The average molecular weight is 391 g/mol. The van der Waals surface area contributed by atoms with Gasteiger partial charge in [-0.05, 0) is 43.9 Å². The first kappa shape index (κ1) is 17.6. The minimum Gasteiger partial charge on any atom is -0.369 e. The van der Waals surface area contributed by atoms with Crippen molar-refractivity contribution in [3.05, 3.63) is 57.8 Å². The second kappa shape index (κ2) is 6.54. The molecule has 0 atom stereocenters. The molecule has 1 spiro atoms. The van der Waals surface area contributed by atoms with Crippen molar-refractivity contribution in [3.63, 3.8) is 0 Å². The molecule has 1 saturated heterocycles. The van der Waals surface area contributed by atoms with Crippen molar-refractivity contribution in [1.29, 1.82) is 0 Å². The molecular weight excluding hydrogens is 370 g/mol. The van der Waals surface area contributed by atoms with E-state index >= 15 is 0 Å². The normalized spacial score (nSPS) is 17.4. The quantitative estimate of drug-likeness (QED) is 0.602. The number of likely N-dealkylation sites (tertiary alicyclic amines) is 1. The molecule has 5 rings (SSSR count). The number of carbonyl (C=O) groups excluding carboxylic acids is 1. The Kier molecular flexibility index (Phi) is 3.97. The van der Waals surface area contributed by atoms with Gasteiger partial charge in [0.2, 0.25) is 5.95 Å². The third-order valence-corrected chi connectivity index (χ3v) is 6.13. The number of amides is 1. The van der Waals surface area contributed by atoms with Gasteiger partial charge in [-0.25, -0.2) is 4.98 Å². The molecule has 0 unspecified atom stereocenters. The highest BCUT2D eigenvalue weighted by Gasteiger charge is 2.44. The molecule has 3 aromatic heterocycles. The van der Waals surface area contributed by atoms with Gasteiger partial charge in [0.05, 0.1) is 11.4 Å². The van der Waals surface area contributed by atoms with Gasteiger partial charge >= 0.3 is 0 Å². The van der Waals surface area contributed by atoms with Crippen LogP contribution in [0.15, 0.2) is 35.3 Å². The Hall–Kier alpha value is -3.49. The van der Waals surface area contributed by atoms with Crippen LogP contribution < -0.4 is 11.3 Å². The molecule has 1 amide bonds. The van der Waals surface area contributed by atoms with E-state index < -0.39 is 0 Å². The summed E-state index contributed by atoms with van der Waals surface area (Å²) in [6, 6.07) is 7.31. The van der Waals surface area contributed by atoms with Crippen LogP contribution in [0.1, 0.15) is 41.0 Å². The SMILES string of the molecule is Nc1nc2c(c(=O)[nH]1)CCC21CCN(C(=O)c2cc(-c3ccccn3)n[nH]2)CC1. The Morgan fingerprint density at radius 2 is 2.00 bits per heavy atom. The third kappa shape index (κ3) is 2.89. The summed E-state index contributed by atoms with van der Waals surface area (Å²) in [7, 11) is 0. The lowest BCUT2D eigenvalue weighted by molar-refractivity contribution is 0.0657. The van der Waals surface area contributed by atoms with E-state index in [2.05, 4.69) is 25.1 Å². The fourth-order valence-corrected chi connectivity index (χ4v) is 4.54. The number of aromatic amines is 2. The predicted molar refractivity (Wildman–Crippen MR) is 106 cm³/mol. The van der Waals surface area contributed by atoms with Crippen LogP contribution in [0.3, 0.4) is 0 Å². The van der Waals surface area contributed by atoms with Crippen LogP contribution in [-0.4, -0.2) is 49.0 Å². The van der Waals surface area contributed by atoms with E-state index in [9.17, 15) is 9.59 Å². The number of H-pyrrole nitrogens is 2. The molecule has 4 N–H and O–H groups in total. The molecule has 9 heteroatoms. The first-order chi connectivity index (χ1) is 14.1. The van der Waals surface area contributed by atoms with Gasteiger partial charge in [-0.15, -0.1) is 0 Å². The first-order valence-corrected chi connectivity index (χ1v) is 9.71. The highest BCUT2D eigenvalue weighted by molar-refractivity contribution is 5.93. The Bertz CT molecular complexity index is 1130. The van der Waals surface area contributed by atoms with E-state index in [1.165, 1.54) is 0 Å². The highest BCUT2D eigenvalue weighted by atomic mass is 16.2. The van der Waals surface area contributed by atoms with Crippen LogP contribution >= 0.6 is 0 Å². The van der Waals surface area contributed by atoms with Gasteiger partial charge in [0.1, 0.15) is 11.4 Å². The zero-order chi connectivity index (χ0) is 20.0. The van der Waals surface area contributed by atoms with Gasteiger partial charge in [-0.1, -0.05) is 6.07 Å². The van der Waals surface area contributed by atoms with Gasteiger partial charge in [0, 0.05) is 30.3 Å². The van der Waals surface area contributed by atoms with E-state index in [0.29, 0.717) is 30.9 Å². The maximum absolute atomic E-state index is 12.9. The number of nitrogens with two attached hydrogens (primary N) is 1. The van der Waals surface area contributed by atoms with Crippen molar-refractivity contribution >= 4 is 11.9 Å². The molecule has 29 heavy (non-hydrogen) atoms. The number of aromatic nitrogens is 5. The zero-order valence-corrected chi connectivity index (χ0v) is 15.8. The maximum Gasteiger partial charge on any atom is 0.271 e. The lowest BCUT2D eigenvalue weighted by Crippen LogP contribution is -2.45. The van der Waals surface area contributed by atoms with Gasteiger partial charge in [-0.3, -0.25) is 24.7 Å². The summed E-state index contributed by atoms with van der Waals surface area (Å²) in [4.78, 5) is 38.3. The molecular formula is C20H21N7O2. The monoisotopic (exact) mass is 391 g/mol. The molecule has 1 aliphatic heterocycles. The highest BCUT2D eigenvalue weighted by Crippen LogP contribution is 2.44. The molecule has 0 bridgehead atoms. The lowest BCUT2D eigenvalue weighted by atomic mass is 9.76. The van der Waals surface area contributed by atoms with E-state index in [4.69, 9.17) is 5.73 Å². The molecule has 3 aromatic rings. The number of pyridine rings is 1. The number of nitrogens with one attached hydrogen (secondary N) is 2.